The van der Waals surface area contributed by atoms with Crippen LogP contribution in [0.5, 0.6) is 5.75 Å². The van der Waals surface area contributed by atoms with Gasteiger partial charge in [-0.15, -0.1) is 11.3 Å². The largest absolute Gasteiger partial charge is 0.482 e. The summed E-state index contributed by atoms with van der Waals surface area (Å²) in [6, 6.07) is 9.16. The van der Waals surface area contributed by atoms with Crippen molar-refractivity contribution in [2.75, 3.05) is 32.8 Å². The van der Waals surface area contributed by atoms with E-state index in [1.54, 1.807) is 29.5 Å². The zero-order valence-electron chi connectivity index (χ0n) is 13.4. The summed E-state index contributed by atoms with van der Waals surface area (Å²) >= 11 is 17.2. The summed E-state index contributed by atoms with van der Waals surface area (Å²) in [5, 5.41) is 0.977. The molecule has 0 unspecified atom stereocenters. The van der Waals surface area contributed by atoms with Gasteiger partial charge in [0.25, 0.3) is 5.91 Å². The molecule has 25 heavy (non-hydrogen) atoms. The molecule has 0 spiro atoms. The fourth-order valence-electron chi connectivity index (χ4n) is 2.63. The Balaban J connectivity index is 1.46. The Morgan fingerprint density at radius 2 is 1.92 bits per heavy atom. The van der Waals surface area contributed by atoms with Gasteiger partial charge in [0.05, 0.1) is 8.81 Å². The first-order valence-corrected chi connectivity index (χ1v) is 10.2. The van der Waals surface area contributed by atoms with E-state index in [0.29, 0.717) is 28.9 Å². The molecule has 1 aromatic heterocycles. The lowest BCUT2D eigenvalue weighted by molar-refractivity contribution is -0.135. The molecule has 1 saturated heterocycles. The number of halogens is 3. The minimum Gasteiger partial charge on any atom is -0.482 e. The normalized spacial score (nSPS) is 15.4. The van der Waals surface area contributed by atoms with Crippen molar-refractivity contribution < 1.29 is 9.53 Å². The molecule has 0 bridgehead atoms. The number of rotatable bonds is 5. The molecule has 134 valence electrons. The quantitative estimate of drug-likeness (QED) is 0.652. The summed E-state index contributed by atoms with van der Waals surface area (Å²) in [4.78, 5) is 17.9. The van der Waals surface area contributed by atoms with Gasteiger partial charge in [0.2, 0.25) is 0 Å². The second-order valence-electron chi connectivity index (χ2n) is 5.73. The highest BCUT2D eigenvalue weighted by Crippen LogP contribution is 2.28. The third-order valence-electron chi connectivity index (χ3n) is 3.98. The van der Waals surface area contributed by atoms with Gasteiger partial charge in [-0.1, -0.05) is 23.2 Å². The van der Waals surface area contributed by atoms with Crippen molar-refractivity contribution in [3.63, 3.8) is 0 Å². The van der Waals surface area contributed by atoms with Crippen LogP contribution in [0.2, 0.25) is 10.0 Å². The van der Waals surface area contributed by atoms with Crippen LogP contribution in [0, 0.1) is 0 Å². The topological polar surface area (TPSA) is 32.8 Å². The standard InChI is InChI=1S/C17H17BrCl2N2O2S/c18-16-4-2-13(25-16)10-21-5-7-22(8-6-21)17(23)11-24-15-9-12(19)1-3-14(15)20/h1-4,9H,5-8,10-11H2. The SMILES string of the molecule is O=C(COc1cc(Cl)ccc1Cl)N1CCN(Cc2ccc(Br)s2)CC1. The van der Waals surface area contributed by atoms with Crippen molar-refractivity contribution in [1.82, 2.24) is 9.80 Å². The van der Waals surface area contributed by atoms with Crippen LogP contribution in [-0.4, -0.2) is 48.5 Å². The third kappa shape index (κ3) is 5.34. The fraction of sp³-hybridized carbons (Fsp3) is 0.353. The predicted octanol–water partition coefficient (Wildman–Crippen LogP) is 4.54. The second-order valence-corrected chi connectivity index (χ2v) is 9.12. The van der Waals surface area contributed by atoms with E-state index in [1.807, 2.05) is 4.90 Å². The van der Waals surface area contributed by atoms with Crippen LogP contribution in [0.25, 0.3) is 0 Å². The van der Waals surface area contributed by atoms with Crippen molar-refractivity contribution in [3.05, 3.63) is 49.0 Å². The number of ether oxygens (including phenoxy) is 1. The first kappa shape index (κ1) is 19.0. The number of hydrogen-bond donors (Lipinski definition) is 0. The van der Waals surface area contributed by atoms with Crippen LogP contribution in [0.15, 0.2) is 34.1 Å². The van der Waals surface area contributed by atoms with E-state index < -0.39 is 0 Å². The summed E-state index contributed by atoms with van der Waals surface area (Å²) in [5.74, 6) is 0.402. The maximum Gasteiger partial charge on any atom is 0.260 e. The van der Waals surface area contributed by atoms with E-state index >= 15 is 0 Å². The molecule has 0 saturated carbocycles. The average molecular weight is 464 g/mol. The number of piperazine rings is 1. The number of amides is 1. The molecular formula is C17H17BrCl2N2O2S. The monoisotopic (exact) mass is 462 g/mol. The molecular weight excluding hydrogens is 447 g/mol. The molecule has 0 aliphatic carbocycles. The summed E-state index contributed by atoms with van der Waals surface area (Å²) in [5.41, 5.74) is 0. The Hall–Kier alpha value is -0.790. The van der Waals surface area contributed by atoms with E-state index in [1.165, 1.54) is 4.88 Å². The van der Waals surface area contributed by atoms with E-state index in [4.69, 9.17) is 27.9 Å². The first-order valence-electron chi connectivity index (χ1n) is 7.83. The Labute approximate surface area is 169 Å². The van der Waals surface area contributed by atoms with Gasteiger partial charge in [0, 0.05) is 48.7 Å². The smallest absolute Gasteiger partial charge is 0.260 e. The highest BCUT2D eigenvalue weighted by molar-refractivity contribution is 9.11. The highest BCUT2D eigenvalue weighted by atomic mass is 79.9. The van der Waals surface area contributed by atoms with Gasteiger partial charge in [-0.2, -0.15) is 0 Å². The van der Waals surface area contributed by atoms with Crippen molar-refractivity contribution >= 4 is 56.4 Å². The van der Waals surface area contributed by atoms with Gasteiger partial charge in [0.1, 0.15) is 5.75 Å². The molecule has 2 heterocycles. The zero-order chi connectivity index (χ0) is 17.8. The van der Waals surface area contributed by atoms with Crippen molar-refractivity contribution in [3.8, 4) is 5.75 Å². The molecule has 1 amide bonds. The lowest BCUT2D eigenvalue weighted by Crippen LogP contribution is -2.49. The zero-order valence-corrected chi connectivity index (χ0v) is 17.3. The van der Waals surface area contributed by atoms with E-state index in [9.17, 15) is 4.79 Å². The molecule has 2 aromatic rings. The first-order chi connectivity index (χ1) is 12.0. The van der Waals surface area contributed by atoms with E-state index in [2.05, 4.69) is 33.0 Å². The lowest BCUT2D eigenvalue weighted by Gasteiger charge is -2.34. The summed E-state index contributed by atoms with van der Waals surface area (Å²) in [6.07, 6.45) is 0. The van der Waals surface area contributed by atoms with Crippen LogP contribution in [0.4, 0.5) is 0 Å². The lowest BCUT2D eigenvalue weighted by atomic mass is 10.3. The third-order valence-corrected chi connectivity index (χ3v) is 6.13. The van der Waals surface area contributed by atoms with Crippen LogP contribution in [-0.2, 0) is 11.3 Å². The molecule has 0 radical (unpaired) electrons. The Bertz CT molecular complexity index is 748. The molecule has 8 heteroatoms. The van der Waals surface area contributed by atoms with E-state index in [0.717, 1.165) is 23.4 Å². The minimum absolute atomic E-state index is 0.0298. The average Bonchev–Trinajstić information content (AvgIpc) is 3.01. The highest BCUT2D eigenvalue weighted by Gasteiger charge is 2.22. The van der Waals surface area contributed by atoms with Gasteiger partial charge >= 0.3 is 0 Å². The van der Waals surface area contributed by atoms with Crippen molar-refractivity contribution in [1.29, 1.82) is 0 Å². The summed E-state index contributed by atoms with van der Waals surface area (Å²) in [7, 11) is 0. The minimum atomic E-state index is -0.0328. The molecule has 3 rings (SSSR count). The Kier molecular flexibility index (Phi) is 6.63. The fourth-order valence-corrected chi connectivity index (χ4v) is 4.49. The molecule has 1 aromatic carbocycles. The van der Waals surface area contributed by atoms with Gasteiger partial charge in [-0.05, 0) is 40.2 Å². The molecule has 0 N–H and O–H groups in total. The molecule has 4 nitrogen and oxygen atoms in total. The second kappa shape index (κ2) is 8.73. The van der Waals surface area contributed by atoms with Gasteiger partial charge < -0.3 is 9.64 Å². The van der Waals surface area contributed by atoms with Gasteiger partial charge in [-0.3, -0.25) is 9.69 Å². The van der Waals surface area contributed by atoms with Crippen LogP contribution in [0.1, 0.15) is 4.88 Å². The summed E-state index contributed by atoms with van der Waals surface area (Å²) in [6.45, 7) is 4.03. The number of carbonyl (C=O) groups excluding carboxylic acids is 1. The van der Waals surface area contributed by atoms with Crippen LogP contribution >= 0.6 is 50.5 Å². The number of benzene rings is 1. The predicted molar refractivity (Wildman–Crippen MR) is 106 cm³/mol. The van der Waals surface area contributed by atoms with Gasteiger partial charge in [0.15, 0.2) is 6.61 Å². The van der Waals surface area contributed by atoms with Crippen molar-refractivity contribution in [2.24, 2.45) is 0 Å². The summed E-state index contributed by atoms with van der Waals surface area (Å²) < 4.78 is 6.68. The molecule has 1 aliphatic heterocycles. The maximum atomic E-state index is 12.3. The molecule has 0 atom stereocenters. The molecule has 1 fully saturated rings. The Morgan fingerprint density at radius 3 is 2.60 bits per heavy atom. The number of hydrogen-bond acceptors (Lipinski definition) is 4. The Morgan fingerprint density at radius 1 is 1.16 bits per heavy atom. The van der Waals surface area contributed by atoms with Crippen LogP contribution in [0.3, 0.4) is 0 Å². The van der Waals surface area contributed by atoms with E-state index in [-0.39, 0.29) is 12.5 Å². The van der Waals surface area contributed by atoms with Crippen molar-refractivity contribution in [2.45, 2.75) is 6.54 Å². The molecule has 1 aliphatic rings. The number of thiophene rings is 1. The number of carbonyl (C=O) groups is 1. The van der Waals surface area contributed by atoms with Crippen LogP contribution < -0.4 is 4.74 Å². The maximum absolute atomic E-state index is 12.3. The number of nitrogens with zero attached hydrogens (tertiary/aromatic N) is 2. The van der Waals surface area contributed by atoms with Gasteiger partial charge in [-0.25, -0.2) is 0 Å².